The van der Waals surface area contributed by atoms with Crippen LogP contribution in [0.1, 0.15) is 24.8 Å². The highest BCUT2D eigenvalue weighted by Crippen LogP contribution is 2.37. The normalized spacial score (nSPS) is 18.4. The summed E-state index contributed by atoms with van der Waals surface area (Å²) in [6.07, 6.45) is 2.21. The number of carbonyl (C=O) groups is 2. The van der Waals surface area contributed by atoms with E-state index in [9.17, 15) is 9.59 Å². The van der Waals surface area contributed by atoms with Crippen molar-refractivity contribution in [3.8, 4) is 5.75 Å². The van der Waals surface area contributed by atoms with Gasteiger partial charge in [0.1, 0.15) is 5.75 Å². The second-order valence-corrected chi connectivity index (χ2v) is 10.7. The van der Waals surface area contributed by atoms with Crippen molar-refractivity contribution in [2.45, 2.75) is 25.7 Å². The minimum Gasteiger partial charge on any atom is -0.493 e. The smallest absolute Gasteiger partial charge is 0.226 e. The SMILES string of the molecule is CN1CCN(C(=O)CC2(COc3ccc(Cl)cc3)CCN(C(=O)Cc3cccc(Cl)c3)CC2)CC1. The number of ether oxygens (including phenoxy) is 1. The number of piperazine rings is 1. The molecule has 0 aromatic heterocycles. The molecule has 0 unspecified atom stereocenters. The first-order chi connectivity index (χ1) is 16.8. The number of rotatable bonds is 7. The Labute approximate surface area is 217 Å². The summed E-state index contributed by atoms with van der Waals surface area (Å²) in [7, 11) is 2.08. The van der Waals surface area contributed by atoms with E-state index in [-0.39, 0.29) is 17.2 Å². The first-order valence-corrected chi connectivity index (χ1v) is 12.9. The Morgan fingerprint density at radius 2 is 1.51 bits per heavy atom. The summed E-state index contributed by atoms with van der Waals surface area (Å²) in [6, 6.07) is 14.7. The van der Waals surface area contributed by atoms with E-state index < -0.39 is 0 Å². The maximum absolute atomic E-state index is 13.3. The Hall–Kier alpha value is -2.28. The van der Waals surface area contributed by atoms with Crippen LogP contribution in [0.2, 0.25) is 10.0 Å². The minimum absolute atomic E-state index is 0.0879. The van der Waals surface area contributed by atoms with Gasteiger partial charge >= 0.3 is 0 Å². The standard InChI is InChI=1S/C27H33Cl2N3O3/c1-30-13-15-32(16-14-30)26(34)19-27(20-35-24-7-5-22(28)6-8-24)9-11-31(12-10-27)25(33)18-21-3-2-4-23(29)17-21/h2-8,17H,9-16,18-20H2,1H3. The molecular weight excluding hydrogens is 485 g/mol. The van der Waals surface area contributed by atoms with Crippen LogP contribution in [-0.4, -0.2) is 79.4 Å². The lowest BCUT2D eigenvalue weighted by Crippen LogP contribution is -2.51. The predicted octanol–water partition coefficient (Wildman–Crippen LogP) is 4.39. The fourth-order valence-electron chi connectivity index (χ4n) is 4.79. The van der Waals surface area contributed by atoms with Crippen LogP contribution < -0.4 is 4.74 Å². The molecule has 0 aliphatic carbocycles. The van der Waals surface area contributed by atoms with Gasteiger partial charge in [0.2, 0.25) is 11.8 Å². The maximum atomic E-state index is 13.3. The third-order valence-corrected chi connectivity index (χ3v) is 7.65. The molecule has 0 radical (unpaired) electrons. The lowest BCUT2D eigenvalue weighted by atomic mass is 9.75. The number of nitrogens with zero attached hydrogens (tertiary/aromatic N) is 3. The van der Waals surface area contributed by atoms with Crippen molar-refractivity contribution in [2.75, 3.05) is 52.9 Å². The van der Waals surface area contributed by atoms with Gasteiger partial charge in [-0.2, -0.15) is 0 Å². The van der Waals surface area contributed by atoms with Gasteiger partial charge in [-0.25, -0.2) is 0 Å². The van der Waals surface area contributed by atoms with E-state index in [4.69, 9.17) is 27.9 Å². The van der Waals surface area contributed by atoms with Crippen molar-refractivity contribution in [2.24, 2.45) is 5.41 Å². The summed E-state index contributed by atoms with van der Waals surface area (Å²) in [5, 5.41) is 1.29. The highest BCUT2D eigenvalue weighted by Gasteiger charge is 2.40. The Morgan fingerprint density at radius 1 is 0.857 bits per heavy atom. The molecule has 8 heteroatoms. The van der Waals surface area contributed by atoms with Crippen LogP contribution in [0.25, 0.3) is 0 Å². The lowest BCUT2D eigenvalue weighted by molar-refractivity contribution is -0.138. The monoisotopic (exact) mass is 517 g/mol. The number of hydrogen-bond donors (Lipinski definition) is 0. The topological polar surface area (TPSA) is 53.1 Å². The molecule has 0 atom stereocenters. The zero-order chi connectivity index (χ0) is 24.8. The van der Waals surface area contributed by atoms with Crippen molar-refractivity contribution in [3.63, 3.8) is 0 Å². The number of hydrogen-bond acceptors (Lipinski definition) is 4. The van der Waals surface area contributed by atoms with E-state index in [0.717, 1.165) is 50.3 Å². The zero-order valence-electron chi connectivity index (χ0n) is 20.2. The summed E-state index contributed by atoms with van der Waals surface area (Å²) >= 11 is 12.1. The van der Waals surface area contributed by atoms with Crippen LogP contribution in [0.5, 0.6) is 5.75 Å². The molecule has 2 heterocycles. The van der Waals surface area contributed by atoms with Gasteiger partial charge in [-0.3, -0.25) is 9.59 Å². The number of amides is 2. The molecule has 0 N–H and O–H groups in total. The molecule has 2 aromatic rings. The molecular formula is C27H33Cl2N3O3. The zero-order valence-corrected chi connectivity index (χ0v) is 21.7. The molecule has 0 bridgehead atoms. The van der Waals surface area contributed by atoms with Gasteiger partial charge in [0.15, 0.2) is 0 Å². The van der Waals surface area contributed by atoms with Gasteiger partial charge in [-0.15, -0.1) is 0 Å². The van der Waals surface area contributed by atoms with Crippen LogP contribution in [0.15, 0.2) is 48.5 Å². The molecule has 2 aliphatic heterocycles. The van der Waals surface area contributed by atoms with Gasteiger partial charge in [-0.05, 0) is 61.9 Å². The average Bonchev–Trinajstić information content (AvgIpc) is 2.84. The van der Waals surface area contributed by atoms with Gasteiger partial charge in [0.05, 0.1) is 13.0 Å². The van der Waals surface area contributed by atoms with Crippen molar-refractivity contribution in [3.05, 3.63) is 64.1 Å². The van der Waals surface area contributed by atoms with Crippen molar-refractivity contribution < 1.29 is 14.3 Å². The number of likely N-dealkylation sites (N-methyl/N-ethyl adjacent to an activating group) is 1. The first kappa shape index (κ1) is 25.8. The third-order valence-electron chi connectivity index (χ3n) is 7.16. The summed E-state index contributed by atoms with van der Waals surface area (Å²) in [5.74, 6) is 1.00. The molecule has 188 valence electrons. The number of piperidine rings is 1. The largest absolute Gasteiger partial charge is 0.493 e. The van der Waals surface area contributed by atoms with Crippen LogP contribution in [-0.2, 0) is 16.0 Å². The van der Waals surface area contributed by atoms with Crippen LogP contribution in [0.3, 0.4) is 0 Å². The third kappa shape index (κ3) is 7.12. The lowest BCUT2D eigenvalue weighted by Gasteiger charge is -2.43. The average molecular weight is 518 g/mol. The summed E-state index contributed by atoms with van der Waals surface area (Å²) in [5.41, 5.74) is 0.600. The molecule has 2 amide bonds. The van der Waals surface area contributed by atoms with Gasteiger partial charge in [-0.1, -0.05) is 35.3 Å². The van der Waals surface area contributed by atoms with E-state index >= 15 is 0 Å². The summed E-state index contributed by atoms with van der Waals surface area (Å²) < 4.78 is 6.16. The van der Waals surface area contributed by atoms with Crippen molar-refractivity contribution in [1.82, 2.24) is 14.7 Å². The highest BCUT2D eigenvalue weighted by molar-refractivity contribution is 6.30. The molecule has 2 aliphatic rings. The van der Waals surface area contributed by atoms with Gasteiger partial charge < -0.3 is 19.4 Å². The Morgan fingerprint density at radius 3 is 2.17 bits per heavy atom. The second kappa shape index (κ2) is 11.6. The molecule has 0 saturated carbocycles. The van der Waals surface area contributed by atoms with Gasteiger partial charge in [0, 0.05) is 61.1 Å². The van der Waals surface area contributed by atoms with Crippen molar-refractivity contribution >= 4 is 35.0 Å². The molecule has 0 spiro atoms. The summed E-state index contributed by atoms with van der Waals surface area (Å²) in [4.78, 5) is 32.3. The summed E-state index contributed by atoms with van der Waals surface area (Å²) in [6.45, 7) is 4.96. The fourth-order valence-corrected chi connectivity index (χ4v) is 5.13. The van der Waals surface area contributed by atoms with Crippen LogP contribution in [0, 0.1) is 5.41 Å². The Kier molecular flexibility index (Phi) is 8.58. The first-order valence-electron chi connectivity index (χ1n) is 12.2. The minimum atomic E-state index is -0.313. The number of benzene rings is 2. The molecule has 2 saturated heterocycles. The second-order valence-electron chi connectivity index (χ2n) is 9.79. The Bertz CT molecular complexity index is 1010. The van der Waals surface area contributed by atoms with Crippen LogP contribution >= 0.6 is 23.2 Å². The molecule has 35 heavy (non-hydrogen) atoms. The van der Waals surface area contributed by atoms with E-state index in [0.29, 0.717) is 42.6 Å². The van der Waals surface area contributed by atoms with Gasteiger partial charge in [0.25, 0.3) is 0 Å². The predicted molar refractivity (Wildman–Crippen MR) is 139 cm³/mol. The molecule has 4 rings (SSSR count). The van der Waals surface area contributed by atoms with E-state index in [2.05, 4.69) is 11.9 Å². The van der Waals surface area contributed by atoms with E-state index in [1.165, 1.54) is 0 Å². The van der Waals surface area contributed by atoms with E-state index in [1.54, 1.807) is 12.1 Å². The van der Waals surface area contributed by atoms with Crippen molar-refractivity contribution in [1.29, 1.82) is 0 Å². The maximum Gasteiger partial charge on any atom is 0.226 e. The number of carbonyl (C=O) groups excluding carboxylic acids is 2. The Balaban J connectivity index is 1.41. The fraction of sp³-hybridized carbons (Fsp3) is 0.481. The number of likely N-dealkylation sites (tertiary alicyclic amines) is 1. The highest BCUT2D eigenvalue weighted by atomic mass is 35.5. The molecule has 6 nitrogen and oxygen atoms in total. The quantitative estimate of drug-likeness (QED) is 0.546. The van der Waals surface area contributed by atoms with E-state index in [1.807, 2.05) is 46.2 Å². The molecule has 2 aromatic carbocycles. The molecule has 2 fully saturated rings. The van der Waals surface area contributed by atoms with Crippen LogP contribution in [0.4, 0.5) is 0 Å². The number of halogens is 2.